The van der Waals surface area contributed by atoms with Gasteiger partial charge in [0.1, 0.15) is 5.75 Å². The highest BCUT2D eigenvalue weighted by molar-refractivity contribution is 5.75. The van der Waals surface area contributed by atoms with Crippen molar-refractivity contribution >= 4 is 5.96 Å². The second-order valence-corrected chi connectivity index (χ2v) is 4.65. The summed E-state index contributed by atoms with van der Waals surface area (Å²) in [6, 6.07) is 6.43. The molecule has 0 bridgehead atoms. The summed E-state index contributed by atoms with van der Waals surface area (Å²) < 4.78 is 5.70. The minimum atomic E-state index is 0.142. The zero-order chi connectivity index (χ0) is 12.8. The number of rotatable bonds is 5. The Labute approximate surface area is 108 Å². The second kappa shape index (κ2) is 6.28. The largest absolute Gasteiger partial charge is 0.494 e. The lowest BCUT2D eigenvalue weighted by atomic mass is 9.92. The van der Waals surface area contributed by atoms with Crippen LogP contribution in [0.5, 0.6) is 5.75 Å². The smallest absolute Gasteiger partial charge is 0.185 e. The van der Waals surface area contributed by atoms with Gasteiger partial charge in [0.15, 0.2) is 5.96 Å². The van der Waals surface area contributed by atoms with Gasteiger partial charge in [0, 0.05) is 13.0 Å². The molecule has 4 nitrogen and oxygen atoms in total. The van der Waals surface area contributed by atoms with Crippen molar-refractivity contribution in [3.63, 3.8) is 0 Å². The van der Waals surface area contributed by atoms with E-state index in [9.17, 15) is 0 Å². The first-order chi connectivity index (χ1) is 8.75. The van der Waals surface area contributed by atoms with Crippen LogP contribution in [0.4, 0.5) is 0 Å². The Morgan fingerprint density at radius 2 is 1.94 bits per heavy atom. The van der Waals surface area contributed by atoms with Gasteiger partial charge in [0.25, 0.3) is 0 Å². The lowest BCUT2D eigenvalue weighted by Gasteiger charge is -2.16. The molecule has 4 N–H and O–H groups in total. The van der Waals surface area contributed by atoms with Gasteiger partial charge in [0.05, 0.1) is 6.61 Å². The number of guanidine groups is 1. The van der Waals surface area contributed by atoms with Crippen LogP contribution in [0.15, 0.2) is 23.2 Å². The minimum absolute atomic E-state index is 0.142. The third kappa shape index (κ3) is 3.65. The quantitative estimate of drug-likeness (QED) is 0.471. The average molecular weight is 247 g/mol. The van der Waals surface area contributed by atoms with Crippen LogP contribution in [0.2, 0.25) is 0 Å². The van der Waals surface area contributed by atoms with E-state index in [1.807, 2.05) is 0 Å². The van der Waals surface area contributed by atoms with E-state index in [1.165, 1.54) is 36.8 Å². The molecule has 0 saturated carbocycles. The van der Waals surface area contributed by atoms with Crippen LogP contribution >= 0.6 is 0 Å². The van der Waals surface area contributed by atoms with Gasteiger partial charge < -0.3 is 16.2 Å². The van der Waals surface area contributed by atoms with Crippen molar-refractivity contribution in [2.24, 2.45) is 16.5 Å². The molecule has 0 fully saturated rings. The highest BCUT2D eigenvalue weighted by Crippen LogP contribution is 2.25. The highest BCUT2D eigenvalue weighted by Gasteiger charge is 2.09. The Balaban J connectivity index is 1.81. The Bertz CT molecular complexity index is 425. The first kappa shape index (κ1) is 12.7. The number of nitrogens with two attached hydrogens (primary N) is 2. The van der Waals surface area contributed by atoms with E-state index in [1.54, 1.807) is 0 Å². The molecule has 0 spiro atoms. The van der Waals surface area contributed by atoms with Crippen LogP contribution < -0.4 is 16.2 Å². The zero-order valence-electron chi connectivity index (χ0n) is 10.7. The monoisotopic (exact) mass is 247 g/mol. The lowest BCUT2D eigenvalue weighted by Crippen LogP contribution is -2.23. The van der Waals surface area contributed by atoms with Gasteiger partial charge in [-0.2, -0.15) is 0 Å². The van der Waals surface area contributed by atoms with Gasteiger partial charge in [-0.25, -0.2) is 0 Å². The Morgan fingerprint density at radius 1 is 1.17 bits per heavy atom. The highest BCUT2D eigenvalue weighted by atomic mass is 16.5. The van der Waals surface area contributed by atoms with Crippen molar-refractivity contribution in [1.82, 2.24) is 0 Å². The minimum Gasteiger partial charge on any atom is -0.494 e. The number of benzene rings is 1. The standard InChI is InChI=1S/C14H21N3O/c15-14(16)17-8-3-9-18-13-7-6-11-4-1-2-5-12(11)10-13/h6-7,10H,1-5,8-9H2,(H4,15,16,17). The van der Waals surface area contributed by atoms with Crippen LogP contribution in [0.3, 0.4) is 0 Å². The van der Waals surface area contributed by atoms with Crippen LogP contribution in [0.1, 0.15) is 30.4 Å². The molecule has 4 heteroatoms. The summed E-state index contributed by atoms with van der Waals surface area (Å²) in [5, 5.41) is 0. The molecule has 1 aliphatic carbocycles. The fraction of sp³-hybridized carbons (Fsp3) is 0.500. The van der Waals surface area contributed by atoms with E-state index in [4.69, 9.17) is 16.2 Å². The second-order valence-electron chi connectivity index (χ2n) is 4.65. The molecule has 0 radical (unpaired) electrons. The van der Waals surface area contributed by atoms with Crippen molar-refractivity contribution < 1.29 is 4.74 Å². The topological polar surface area (TPSA) is 73.6 Å². The van der Waals surface area contributed by atoms with Crippen LogP contribution in [-0.4, -0.2) is 19.1 Å². The number of hydrogen-bond acceptors (Lipinski definition) is 2. The summed E-state index contributed by atoms with van der Waals surface area (Å²) in [6.45, 7) is 1.27. The average Bonchev–Trinajstić information content (AvgIpc) is 2.38. The third-order valence-electron chi connectivity index (χ3n) is 3.19. The van der Waals surface area contributed by atoms with Gasteiger partial charge in [-0.1, -0.05) is 6.07 Å². The van der Waals surface area contributed by atoms with Crippen LogP contribution in [0.25, 0.3) is 0 Å². The Hall–Kier alpha value is -1.71. The van der Waals surface area contributed by atoms with Gasteiger partial charge in [-0.05, 0) is 48.9 Å². The molecule has 1 aromatic carbocycles. The number of nitrogens with zero attached hydrogens (tertiary/aromatic N) is 1. The van der Waals surface area contributed by atoms with E-state index >= 15 is 0 Å². The Kier molecular flexibility index (Phi) is 4.45. The van der Waals surface area contributed by atoms with E-state index in [-0.39, 0.29) is 5.96 Å². The fourth-order valence-electron chi connectivity index (χ4n) is 2.26. The number of aliphatic imine (C=N–C) groups is 1. The summed E-state index contributed by atoms with van der Waals surface area (Å²) in [5.41, 5.74) is 13.4. The first-order valence-corrected chi connectivity index (χ1v) is 6.56. The molecular weight excluding hydrogens is 226 g/mol. The molecule has 1 aromatic rings. The van der Waals surface area contributed by atoms with E-state index in [0.29, 0.717) is 13.2 Å². The zero-order valence-corrected chi connectivity index (χ0v) is 10.7. The molecule has 0 saturated heterocycles. The number of hydrogen-bond donors (Lipinski definition) is 2. The van der Waals surface area contributed by atoms with Crippen molar-refractivity contribution in [2.45, 2.75) is 32.1 Å². The van der Waals surface area contributed by atoms with E-state index < -0.39 is 0 Å². The molecule has 1 aliphatic rings. The van der Waals surface area contributed by atoms with Crippen molar-refractivity contribution in [1.29, 1.82) is 0 Å². The van der Waals surface area contributed by atoms with Gasteiger partial charge in [-0.3, -0.25) is 4.99 Å². The SMILES string of the molecule is NC(N)=NCCCOc1ccc2c(c1)CCCC2. The van der Waals surface area contributed by atoms with Crippen molar-refractivity contribution in [3.8, 4) is 5.75 Å². The molecule has 0 amide bonds. The fourth-order valence-corrected chi connectivity index (χ4v) is 2.26. The van der Waals surface area contributed by atoms with Crippen molar-refractivity contribution in [3.05, 3.63) is 29.3 Å². The first-order valence-electron chi connectivity index (χ1n) is 6.56. The lowest BCUT2D eigenvalue weighted by molar-refractivity contribution is 0.313. The molecule has 0 aliphatic heterocycles. The van der Waals surface area contributed by atoms with Gasteiger partial charge in [-0.15, -0.1) is 0 Å². The summed E-state index contributed by atoms with van der Waals surface area (Å²) in [7, 11) is 0. The molecule has 0 atom stereocenters. The van der Waals surface area contributed by atoms with E-state index in [2.05, 4.69) is 23.2 Å². The third-order valence-corrected chi connectivity index (χ3v) is 3.19. The maximum Gasteiger partial charge on any atom is 0.185 e. The molecule has 0 unspecified atom stereocenters. The summed E-state index contributed by atoms with van der Waals surface area (Å²) in [6.07, 6.45) is 5.82. The normalized spacial score (nSPS) is 13.8. The molecule has 0 aromatic heterocycles. The Morgan fingerprint density at radius 3 is 2.72 bits per heavy atom. The molecule has 0 heterocycles. The van der Waals surface area contributed by atoms with Gasteiger partial charge in [0.2, 0.25) is 0 Å². The molecular formula is C14H21N3O. The summed E-state index contributed by atoms with van der Waals surface area (Å²) >= 11 is 0. The molecule has 98 valence electrons. The van der Waals surface area contributed by atoms with Crippen LogP contribution in [-0.2, 0) is 12.8 Å². The molecule has 2 rings (SSSR count). The predicted molar refractivity (Wildman–Crippen MR) is 73.9 cm³/mol. The molecule has 18 heavy (non-hydrogen) atoms. The maximum absolute atomic E-state index is 5.70. The van der Waals surface area contributed by atoms with Crippen LogP contribution in [0, 0.1) is 0 Å². The van der Waals surface area contributed by atoms with Crippen molar-refractivity contribution in [2.75, 3.05) is 13.2 Å². The summed E-state index contributed by atoms with van der Waals surface area (Å²) in [4.78, 5) is 3.92. The predicted octanol–water partition coefficient (Wildman–Crippen LogP) is 1.61. The number of fused-ring (bicyclic) bond motifs is 1. The number of aryl methyl sites for hydroxylation is 2. The summed E-state index contributed by atoms with van der Waals surface area (Å²) in [5.74, 6) is 1.10. The maximum atomic E-state index is 5.70. The van der Waals surface area contributed by atoms with Gasteiger partial charge >= 0.3 is 0 Å². The number of ether oxygens (including phenoxy) is 1. The van der Waals surface area contributed by atoms with E-state index in [0.717, 1.165) is 12.2 Å².